The number of fused-ring (bicyclic) bond motifs is 1. The Balaban J connectivity index is 2.09. The summed E-state index contributed by atoms with van der Waals surface area (Å²) < 4.78 is 0. The molecule has 78 valence electrons. The van der Waals surface area contributed by atoms with E-state index in [4.69, 9.17) is 0 Å². The lowest BCUT2D eigenvalue weighted by Crippen LogP contribution is -2.23. The monoisotopic (exact) mass is 210 g/mol. The number of benzene rings is 1. The largest absolute Gasteiger partial charge is 0.286 e. The van der Waals surface area contributed by atoms with Gasteiger partial charge in [-0.1, -0.05) is 30.3 Å². The van der Waals surface area contributed by atoms with Crippen molar-refractivity contribution in [2.45, 2.75) is 12.8 Å². The van der Waals surface area contributed by atoms with Gasteiger partial charge in [0, 0.05) is 12.0 Å². The van der Waals surface area contributed by atoms with Crippen molar-refractivity contribution >= 4 is 11.6 Å². The number of Topliss-reactive ketones (excluding diaryl/α,β-unsaturated/α-hetero) is 1. The van der Waals surface area contributed by atoms with Crippen LogP contribution in [0.3, 0.4) is 0 Å². The third kappa shape index (κ3) is 1.27. The summed E-state index contributed by atoms with van der Waals surface area (Å²) in [7, 11) is 0. The zero-order valence-corrected chi connectivity index (χ0v) is 8.69. The maximum Gasteiger partial charge on any atom is 0.229 e. The predicted molar refractivity (Wildman–Crippen MR) is 60.0 cm³/mol. The normalized spacial score (nSPS) is 18.5. The van der Waals surface area contributed by atoms with Gasteiger partial charge in [0.05, 0.1) is 0 Å². The molecule has 16 heavy (non-hydrogen) atoms. The van der Waals surface area contributed by atoms with Crippen LogP contribution in [0.15, 0.2) is 47.6 Å². The molecule has 0 unspecified atom stereocenters. The maximum atomic E-state index is 11.7. The Morgan fingerprint density at radius 2 is 1.56 bits per heavy atom. The molecule has 2 aliphatic rings. The first-order chi connectivity index (χ1) is 7.75. The van der Waals surface area contributed by atoms with Gasteiger partial charge in [0.25, 0.3) is 0 Å². The van der Waals surface area contributed by atoms with E-state index in [1.165, 1.54) is 11.6 Å². The van der Waals surface area contributed by atoms with Crippen molar-refractivity contribution in [2.24, 2.45) is 0 Å². The summed E-state index contributed by atoms with van der Waals surface area (Å²) in [6.07, 6.45) is 4.53. The van der Waals surface area contributed by atoms with Crippen LogP contribution in [-0.2, 0) is 22.4 Å². The molecule has 0 N–H and O–H groups in total. The second-order valence-electron chi connectivity index (χ2n) is 4.15. The van der Waals surface area contributed by atoms with Gasteiger partial charge in [0.1, 0.15) is 0 Å². The molecule has 0 aliphatic heterocycles. The fraction of sp³-hybridized carbons (Fsp3) is 0.143. The first-order valence-electron chi connectivity index (χ1n) is 5.31. The highest BCUT2D eigenvalue weighted by atomic mass is 16.2. The summed E-state index contributed by atoms with van der Waals surface area (Å²) in [4.78, 5) is 23.0. The molecule has 1 aromatic carbocycles. The zero-order chi connectivity index (χ0) is 11.1. The molecule has 3 rings (SSSR count). The SMILES string of the molecule is O=C1C=CC2=C(Cc3ccccc3C2)C1=O. The number of hydrogen-bond donors (Lipinski definition) is 0. The lowest BCUT2D eigenvalue weighted by atomic mass is 9.81. The van der Waals surface area contributed by atoms with E-state index in [0.717, 1.165) is 17.6 Å². The molecule has 2 heteroatoms. The molecule has 0 amide bonds. The van der Waals surface area contributed by atoms with E-state index in [2.05, 4.69) is 6.07 Å². The Labute approximate surface area is 93.3 Å². The molecule has 0 aromatic heterocycles. The summed E-state index contributed by atoms with van der Waals surface area (Å²) in [6.45, 7) is 0. The van der Waals surface area contributed by atoms with Crippen molar-refractivity contribution < 1.29 is 9.59 Å². The molecule has 2 nitrogen and oxygen atoms in total. The minimum Gasteiger partial charge on any atom is -0.286 e. The fourth-order valence-electron chi connectivity index (χ4n) is 2.30. The average molecular weight is 210 g/mol. The summed E-state index contributed by atoms with van der Waals surface area (Å²) in [6, 6.07) is 8.07. The van der Waals surface area contributed by atoms with E-state index in [9.17, 15) is 9.59 Å². The second-order valence-corrected chi connectivity index (χ2v) is 4.15. The van der Waals surface area contributed by atoms with Crippen molar-refractivity contribution in [3.05, 3.63) is 58.7 Å². The third-order valence-corrected chi connectivity index (χ3v) is 3.19. The molecule has 0 radical (unpaired) electrons. The zero-order valence-electron chi connectivity index (χ0n) is 8.69. The van der Waals surface area contributed by atoms with Crippen molar-refractivity contribution in [3.63, 3.8) is 0 Å². The Hall–Kier alpha value is -1.96. The van der Waals surface area contributed by atoms with E-state index in [-0.39, 0.29) is 5.78 Å². The molecular formula is C14H10O2. The first-order valence-corrected chi connectivity index (χ1v) is 5.31. The van der Waals surface area contributed by atoms with E-state index in [1.54, 1.807) is 6.08 Å². The lowest BCUT2D eigenvalue weighted by Gasteiger charge is -2.22. The van der Waals surface area contributed by atoms with Crippen LogP contribution >= 0.6 is 0 Å². The molecule has 2 aliphatic carbocycles. The highest BCUT2D eigenvalue weighted by Gasteiger charge is 2.27. The molecule has 0 saturated heterocycles. The third-order valence-electron chi connectivity index (χ3n) is 3.19. The molecule has 0 atom stereocenters. The summed E-state index contributed by atoms with van der Waals surface area (Å²) in [5.41, 5.74) is 4.11. The molecule has 0 saturated carbocycles. The first kappa shape index (κ1) is 9.28. The molecular weight excluding hydrogens is 200 g/mol. The Morgan fingerprint density at radius 1 is 0.875 bits per heavy atom. The number of carbonyl (C=O) groups is 2. The highest BCUT2D eigenvalue weighted by Crippen LogP contribution is 2.29. The van der Waals surface area contributed by atoms with Crippen molar-refractivity contribution in [3.8, 4) is 0 Å². The van der Waals surface area contributed by atoms with E-state index in [0.29, 0.717) is 12.0 Å². The molecule has 0 heterocycles. The Morgan fingerprint density at radius 3 is 2.31 bits per heavy atom. The van der Waals surface area contributed by atoms with Gasteiger partial charge < -0.3 is 0 Å². The van der Waals surface area contributed by atoms with E-state index < -0.39 is 5.78 Å². The molecule has 1 aromatic rings. The van der Waals surface area contributed by atoms with E-state index in [1.807, 2.05) is 18.2 Å². The predicted octanol–water partition coefficient (Wildman–Crippen LogP) is 1.79. The van der Waals surface area contributed by atoms with Gasteiger partial charge in [-0.3, -0.25) is 9.59 Å². The van der Waals surface area contributed by atoms with Gasteiger partial charge in [-0.15, -0.1) is 0 Å². The maximum absolute atomic E-state index is 11.7. The highest BCUT2D eigenvalue weighted by molar-refractivity contribution is 6.48. The minimum atomic E-state index is -0.391. The van der Waals surface area contributed by atoms with Gasteiger partial charge in [0.2, 0.25) is 11.6 Å². The average Bonchev–Trinajstić information content (AvgIpc) is 2.32. The molecule has 0 fully saturated rings. The van der Waals surface area contributed by atoms with Crippen LogP contribution in [0, 0.1) is 0 Å². The summed E-state index contributed by atoms with van der Waals surface area (Å²) in [5, 5.41) is 0. The topological polar surface area (TPSA) is 34.1 Å². The standard InChI is InChI=1S/C14H10O2/c15-13-6-5-11-7-9-3-1-2-4-10(9)8-12(11)14(13)16/h1-6H,7-8H2. The number of hydrogen-bond acceptors (Lipinski definition) is 2. The van der Waals surface area contributed by atoms with Gasteiger partial charge in [-0.2, -0.15) is 0 Å². The van der Waals surface area contributed by atoms with Crippen molar-refractivity contribution in [1.29, 1.82) is 0 Å². The molecule has 0 spiro atoms. The van der Waals surface area contributed by atoms with Crippen LogP contribution in [0.2, 0.25) is 0 Å². The van der Waals surface area contributed by atoms with Crippen LogP contribution in [-0.4, -0.2) is 11.6 Å². The lowest BCUT2D eigenvalue weighted by molar-refractivity contribution is -0.131. The van der Waals surface area contributed by atoms with Crippen LogP contribution in [0.1, 0.15) is 11.1 Å². The fourth-order valence-corrected chi connectivity index (χ4v) is 2.30. The number of allylic oxidation sites excluding steroid dienone is 4. The second kappa shape index (κ2) is 3.27. The molecule has 0 bridgehead atoms. The van der Waals surface area contributed by atoms with Gasteiger partial charge in [0.15, 0.2) is 0 Å². The number of ketones is 2. The van der Waals surface area contributed by atoms with E-state index >= 15 is 0 Å². The van der Waals surface area contributed by atoms with Gasteiger partial charge in [-0.05, 0) is 29.2 Å². The van der Waals surface area contributed by atoms with Gasteiger partial charge in [-0.25, -0.2) is 0 Å². The van der Waals surface area contributed by atoms with Crippen LogP contribution in [0.25, 0.3) is 0 Å². The Bertz CT molecular complexity index is 562. The van der Waals surface area contributed by atoms with Crippen molar-refractivity contribution in [1.82, 2.24) is 0 Å². The summed E-state index contributed by atoms with van der Waals surface area (Å²) >= 11 is 0. The summed E-state index contributed by atoms with van der Waals surface area (Å²) in [5.74, 6) is -0.717. The van der Waals surface area contributed by atoms with Crippen LogP contribution in [0.4, 0.5) is 0 Å². The van der Waals surface area contributed by atoms with Gasteiger partial charge >= 0.3 is 0 Å². The minimum absolute atomic E-state index is 0.327. The van der Waals surface area contributed by atoms with Crippen molar-refractivity contribution in [2.75, 3.05) is 0 Å². The van der Waals surface area contributed by atoms with Crippen LogP contribution < -0.4 is 0 Å². The number of carbonyl (C=O) groups excluding carboxylic acids is 2. The quantitative estimate of drug-likeness (QED) is 0.483. The smallest absolute Gasteiger partial charge is 0.229 e. The number of rotatable bonds is 0. The van der Waals surface area contributed by atoms with Crippen LogP contribution in [0.5, 0.6) is 0 Å². The Kier molecular flexibility index (Phi) is 1.90.